The first-order valence-corrected chi connectivity index (χ1v) is 5.97. The minimum absolute atomic E-state index is 0.158. The molecule has 1 heterocycles. The summed E-state index contributed by atoms with van der Waals surface area (Å²) in [5.74, 6) is 0.158. The highest BCUT2D eigenvalue weighted by atomic mass is 16.1. The standard InChI is InChI=1S/C16H13NO/c18-16(13-4-2-1-3-5-13)11-12-6-7-15-14(10-12)8-9-17-15/h1-10,17H,11H2. The van der Waals surface area contributed by atoms with Crippen molar-refractivity contribution in [2.45, 2.75) is 6.42 Å². The van der Waals surface area contributed by atoms with E-state index in [1.165, 1.54) is 0 Å². The van der Waals surface area contributed by atoms with Crippen molar-refractivity contribution < 1.29 is 4.79 Å². The zero-order valence-corrected chi connectivity index (χ0v) is 9.89. The van der Waals surface area contributed by atoms with Crippen molar-refractivity contribution in [1.82, 2.24) is 4.98 Å². The average Bonchev–Trinajstić information content (AvgIpc) is 2.87. The number of fused-ring (bicyclic) bond motifs is 1. The third kappa shape index (κ3) is 2.05. The van der Waals surface area contributed by atoms with Gasteiger partial charge in [-0.15, -0.1) is 0 Å². The predicted molar refractivity (Wildman–Crippen MR) is 72.8 cm³/mol. The number of aromatic amines is 1. The predicted octanol–water partition coefficient (Wildman–Crippen LogP) is 3.59. The molecule has 0 fully saturated rings. The molecule has 0 spiro atoms. The van der Waals surface area contributed by atoms with Gasteiger partial charge in [-0.3, -0.25) is 4.79 Å². The fourth-order valence-corrected chi connectivity index (χ4v) is 2.12. The Kier molecular flexibility index (Phi) is 2.69. The minimum Gasteiger partial charge on any atom is -0.361 e. The summed E-state index contributed by atoms with van der Waals surface area (Å²) in [7, 11) is 0. The van der Waals surface area contributed by atoms with E-state index in [9.17, 15) is 4.79 Å². The van der Waals surface area contributed by atoms with Crippen LogP contribution in [0.25, 0.3) is 10.9 Å². The summed E-state index contributed by atoms with van der Waals surface area (Å²) in [4.78, 5) is 15.2. The molecule has 3 rings (SSSR count). The van der Waals surface area contributed by atoms with Crippen molar-refractivity contribution in [1.29, 1.82) is 0 Å². The second-order valence-electron chi connectivity index (χ2n) is 4.37. The fourth-order valence-electron chi connectivity index (χ4n) is 2.12. The van der Waals surface area contributed by atoms with Crippen LogP contribution in [0, 0.1) is 0 Å². The van der Waals surface area contributed by atoms with E-state index in [0.717, 1.165) is 22.0 Å². The summed E-state index contributed by atoms with van der Waals surface area (Å²) in [5, 5.41) is 1.15. The molecular weight excluding hydrogens is 222 g/mol. The molecule has 0 saturated carbocycles. The maximum absolute atomic E-state index is 12.1. The molecule has 2 heteroatoms. The lowest BCUT2D eigenvalue weighted by molar-refractivity contribution is 0.0993. The van der Waals surface area contributed by atoms with Crippen LogP contribution in [0.1, 0.15) is 15.9 Å². The molecule has 0 aliphatic carbocycles. The van der Waals surface area contributed by atoms with E-state index in [4.69, 9.17) is 0 Å². The van der Waals surface area contributed by atoms with Crippen molar-refractivity contribution in [2.75, 3.05) is 0 Å². The van der Waals surface area contributed by atoms with Crippen molar-refractivity contribution in [3.63, 3.8) is 0 Å². The molecule has 2 aromatic carbocycles. The number of aromatic nitrogens is 1. The Morgan fingerprint density at radius 2 is 1.83 bits per heavy atom. The lowest BCUT2D eigenvalue weighted by Gasteiger charge is -2.02. The maximum atomic E-state index is 12.1. The lowest BCUT2D eigenvalue weighted by Crippen LogP contribution is -2.02. The van der Waals surface area contributed by atoms with Gasteiger partial charge in [0.2, 0.25) is 0 Å². The number of H-pyrrole nitrogens is 1. The average molecular weight is 235 g/mol. The van der Waals surface area contributed by atoms with Gasteiger partial charge < -0.3 is 4.98 Å². The van der Waals surface area contributed by atoms with Crippen molar-refractivity contribution in [3.8, 4) is 0 Å². The summed E-state index contributed by atoms with van der Waals surface area (Å²) in [6.07, 6.45) is 2.36. The summed E-state index contributed by atoms with van der Waals surface area (Å²) in [6, 6.07) is 17.5. The lowest BCUT2D eigenvalue weighted by atomic mass is 10.0. The van der Waals surface area contributed by atoms with Gasteiger partial charge in [0.25, 0.3) is 0 Å². The monoisotopic (exact) mass is 235 g/mol. The number of rotatable bonds is 3. The number of hydrogen-bond donors (Lipinski definition) is 1. The minimum atomic E-state index is 0.158. The molecule has 0 aliphatic heterocycles. The van der Waals surface area contributed by atoms with E-state index in [1.54, 1.807) is 0 Å². The SMILES string of the molecule is O=C(Cc1ccc2[nH]ccc2c1)c1ccccc1. The molecule has 0 unspecified atom stereocenters. The van der Waals surface area contributed by atoms with E-state index in [1.807, 2.05) is 54.7 Å². The van der Waals surface area contributed by atoms with Gasteiger partial charge in [0.05, 0.1) is 0 Å². The molecule has 0 atom stereocenters. The van der Waals surface area contributed by atoms with Crippen molar-refractivity contribution in [2.24, 2.45) is 0 Å². The number of benzene rings is 2. The molecule has 0 aliphatic rings. The van der Waals surface area contributed by atoms with Crippen molar-refractivity contribution >= 4 is 16.7 Å². The van der Waals surface area contributed by atoms with Crippen LogP contribution in [0.15, 0.2) is 60.8 Å². The first-order chi connectivity index (χ1) is 8.83. The van der Waals surface area contributed by atoms with Crippen LogP contribution in [0.4, 0.5) is 0 Å². The second-order valence-corrected chi connectivity index (χ2v) is 4.37. The smallest absolute Gasteiger partial charge is 0.167 e. The third-order valence-electron chi connectivity index (χ3n) is 3.08. The van der Waals surface area contributed by atoms with Crippen LogP contribution in [0.3, 0.4) is 0 Å². The second kappa shape index (κ2) is 4.49. The molecule has 1 N–H and O–H groups in total. The largest absolute Gasteiger partial charge is 0.361 e. The summed E-state index contributed by atoms with van der Waals surface area (Å²) < 4.78 is 0. The topological polar surface area (TPSA) is 32.9 Å². The van der Waals surface area contributed by atoms with Gasteiger partial charge in [-0.25, -0.2) is 0 Å². The van der Waals surface area contributed by atoms with E-state index in [2.05, 4.69) is 11.1 Å². The molecule has 88 valence electrons. The Morgan fingerprint density at radius 1 is 1.00 bits per heavy atom. The van der Waals surface area contributed by atoms with Crippen LogP contribution < -0.4 is 0 Å². The zero-order valence-electron chi connectivity index (χ0n) is 9.89. The van der Waals surface area contributed by atoms with Crippen LogP contribution in [-0.4, -0.2) is 10.8 Å². The van der Waals surface area contributed by atoms with Gasteiger partial charge in [0.15, 0.2) is 5.78 Å². The van der Waals surface area contributed by atoms with E-state index >= 15 is 0 Å². The number of nitrogens with one attached hydrogen (secondary N) is 1. The molecule has 0 amide bonds. The van der Waals surface area contributed by atoms with Gasteiger partial charge in [-0.1, -0.05) is 36.4 Å². The van der Waals surface area contributed by atoms with E-state index < -0.39 is 0 Å². The van der Waals surface area contributed by atoms with E-state index in [-0.39, 0.29) is 5.78 Å². The number of hydrogen-bond acceptors (Lipinski definition) is 1. The number of carbonyl (C=O) groups excluding carboxylic acids is 1. The Labute approximate surface area is 105 Å². The van der Waals surface area contributed by atoms with Gasteiger partial charge in [0.1, 0.15) is 0 Å². The molecule has 0 radical (unpaired) electrons. The normalized spacial score (nSPS) is 10.7. The number of ketones is 1. The molecule has 18 heavy (non-hydrogen) atoms. The summed E-state index contributed by atoms with van der Waals surface area (Å²) in [6.45, 7) is 0. The van der Waals surface area contributed by atoms with Crippen LogP contribution in [0.5, 0.6) is 0 Å². The molecule has 0 saturated heterocycles. The van der Waals surface area contributed by atoms with Crippen LogP contribution in [0.2, 0.25) is 0 Å². The fraction of sp³-hybridized carbons (Fsp3) is 0.0625. The number of carbonyl (C=O) groups is 1. The summed E-state index contributed by atoms with van der Waals surface area (Å²) in [5.41, 5.74) is 2.92. The Balaban J connectivity index is 1.86. The molecule has 3 aromatic rings. The highest BCUT2D eigenvalue weighted by molar-refractivity contribution is 5.97. The number of Topliss-reactive ketones (excluding diaryl/α,β-unsaturated/α-hetero) is 1. The Bertz CT molecular complexity index is 682. The van der Waals surface area contributed by atoms with Gasteiger partial charge in [-0.2, -0.15) is 0 Å². The molecular formula is C16H13NO. The molecule has 1 aromatic heterocycles. The van der Waals surface area contributed by atoms with Crippen LogP contribution in [-0.2, 0) is 6.42 Å². The quantitative estimate of drug-likeness (QED) is 0.691. The van der Waals surface area contributed by atoms with Gasteiger partial charge in [0, 0.05) is 23.7 Å². The van der Waals surface area contributed by atoms with Crippen molar-refractivity contribution in [3.05, 3.63) is 71.9 Å². The molecule has 0 bridgehead atoms. The highest BCUT2D eigenvalue weighted by Crippen LogP contribution is 2.16. The third-order valence-corrected chi connectivity index (χ3v) is 3.08. The van der Waals surface area contributed by atoms with Crippen LogP contribution >= 0.6 is 0 Å². The Morgan fingerprint density at radius 3 is 2.67 bits per heavy atom. The van der Waals surface area contributed by atoms with Gasteiger partial charge in [-0.05, 0) is 29.1 Å². The molecule has 2 nitrogen and oxygen atoms in total. The maximum Gasteiger partial charge on any atom is 0.167 e. The first-order valence-electron chi connectivity index (χ1n) is 5.97. The van der Waals surface area contributed by atoms with E-state index in [0.29, 0.717) is 6.42 Å². The summed E-state index contributed by atoms with van der Waals surface area (Å²) >= 11 is 0. The zero-order chi connectivity index (χ0) is 12.4. The first kappa shape index (κ1) is 10.8. The highest BCUT2D eigenvalue weighted by Gasteiger charge is 2.06. The Hall–Kier alpha value is -2.35. The van der Waals surface area contributed by atoms with Gasteiger partial charge >= 0.3 is 0 Å².